The first-order valence-corrected chi connectivity index (χ1v) is 12.7. The number of amides is 1. The number of carboxylic acids is 1. The molecule has 4 rings (SSSR count). The Hall–Kier alpha value is -2.78. The minimum atomic E-state index is -2.85. The van der Waals surface area contributed by atoms with Crippen LogP contribution in [0.5, 0.6) is 5.75 Å². The molecule has 3 aliphatic rings. The molecule has 0 radical (unpaired) electrons. The van der Waals surface area contributed by atoms with E-state index in [0.29, 0.717) is 0 Å². The van der Waals surface area contributed by atoms with Gasteiger partial charge in [-0.15, -0.1) is 0 Å². The van der Waals surface area contributed by atoms with Gasteiger partial charge >= 0.3 is 29.6 Å². The molecule has 0 saturated heterocycles. The van der Waals surface area contributed by atoms with Gasteiger partial charge in [0.2, 0.25) is 5.78 Å². The van der Waals surface area contributed by atoms with Crippen LogP contribution in [0.2, 0.25) is 0 Å². The van der Waals surface area contributed by atoms with Crippen molar-refractivity contribution < 1.29 is 79.4 Å². The molecule has 6 atom stereocenters. The third kappa shape index (κ3) is 4.88. The Labute approximate surface area is 257 Å². The number of carboxylic acid groups (broad SMARTS) is 1. The van der Waals surface area contributed by atoms with E-state index in [0.717, 1.165) is 0 Å². The van der Waals surface area contributed by atoms with Gasteiger partial charge in [-0.25, -0.2) is 0 Å². The SMILES string of the molecule is CCC(NCNC(=O)C1=C(O)C2(O)C(=O)C3=C(O)c4c(O)cccc4[C@](C)(O)[C@@H]3C[C@@H]2C(N(C)C)C1=O)C(=O)[O-].[Na+]. The summed E-state index contributed by atoms with van der Waals surface area (Å²) in [5.74, 6) is -9.56. The second-order valence-corrected chi connectivity index (χ2v) is 10.8. The number of benzene rings is 1. The maximum absolute atomic E-state index is 14.0. The third-order valence-electron chi connectivity index (χ3n) is 8.29. The average Bonchev–Trinajstić information content (AvgIpc) is 2.86. The summed E-state index contributed by atoms with van der Waals surface area (Å²) in [5, 5.41) is 72.1. The maximum atomic E-state index is 14.0. The number of hydrogen-bond acceptors (Lipinski definition) is 12. The van der Waals surface area contributed by atoms with Gasteiger partial charge in [-0.1, -0.05) is 19.1 Å². The van der Waals surface area contributed by atoms with Gasteiger partial charge in [-0.2, -0.15) is 0 Å². The number of rotatable bonds is 7. The summed E-state index contributed by atoms with van der Waals surface area (Å²) < 4.78 is 0. The molecule has 1 amide bonds. The summed E-state index contributed by atoms with van der Waals surface area (Å²) in [4.78, 5) is 53.2. The first-order valence-electron chi connectivity index (χ1n) is 12.7. The van der Waals surface area contributed by atoms with Crippen molar-refractivity contribution in [1.82, 2.24) is 15.5 Å². The van der Waals surface area contributed by atoms with E-state index in [1.54, 1.807) is 6.92 Å². The molecule has 41 heavy (non-hydrogen) atoms. The predicted octanol–water partition coefficient (Wildman–Crippen LogP) is -4.66. The number of carbonyl (C=O) groups is 4. The van der Waals surface area contributed by atoms with E-state index in [1.165, 1.54) is 44.1 Å². The average molecular weight is 582 g/mol. The van der Waals surface area contributed by atoms with E-state index in [2.05, 4.69) is 10.6 Å². The van der Waals surface area contributed by atoms with E-state index in [-0.39, 0.29) is 53.5 Å². The number of Topliss-reactive ketones (excluding diaryl/α,β-unsaturated/α-hetero) is 2. The van der Waals surface area contributed by atoms with Gasteiger partial charge in [-0.3, -0.25) is 24.6 Å². The summed E-state index contributed by atoms with van der Waals surface area (Å²) in [6, 6.07) is 1.75. The van der Waals surface area contributed by atoms with Gasteiger partial charge in [-0.05, 0) is 45.5 Å². The predicted molar refractivity (Wildman–Crippen MR) is 136 cm³/mol. The van der Waals surface area contributed by atoms with Crippen LogP contribution in [0, 0.1) is 11.8 Å². The van der Waals surface area contributed by atoms with Gasteiger partial charge in [0.25, 0.3) is 5.91 Å². The van der Waals surface area contributed by atoms with Crippen LogP contribution in [-0.4, -0.2) is 92.3 Å². The number of aliphatic hydroxyl groups excluding tert-OH is 2. The minimum absolute atomic E-state index is 0. The van der Waals surface area contributed by atoms with Crippen molar-refractivity contribution >= 4 is 29.2 Å². The Morgan fingerprint density at radius 2 is 1.80 bits per heavy atom. The standard InChI is InChI=1S/C27H33N3O10.Na/c1-5-14(25(37)38)28-10-29-24(36)18-21(33)19(30(3)4)13-9-12-17(22(34)27(13,40)23(18)35)20(32)16-11(26(12,2)39)7-6-8-15(16)31;/h6-8,12-14,19,28,31-32,35,39-40H,5,9-10H2,1-4H3,(H,29,36)(H,37,38);/q;+1/p-1/t12-,13-,14?,19?,26+,27?;/m1./s1. The first-order chi connectivity index (χ1) is 18.6. The van der Waals surface area contributed by atoms with Crippen molar-refractivity contribution in [3.63, 3.8) is 0 Å². The Morgan fingerprint density at radius 3 is 2.37 bits per heavy atom. The smallest absolute Gasteiger partial charge is 0.548 e. The largest absolute Gasteiger partial charge is 1.00 e. The number of likely N-dealkylation sites (N-methyl/N-ethyl adjacent to an activating group) is 1. The Morgan fingerprint density at radius 1 is 1.17 bits per heavy atom. The summed E-state index contributed by atoms with van der Waals surface area (Å²) in [6.07, 6.45) is -0.130. The van der Waals surface area contributed by atoms with Crippen LogP contribution in [0.3, 0.4) is 0 Å². The van der Waals surface area contributed by atoms with E-state index in [4.69, 9.17) is 0 Å². The van der Waals surface area contributed by atoms with Crippen LogP contribution in [0.25, 0.3) is 5.76 Å². The van der Waals surface area contributed by atoms with Crippen LogP contribution in [0.1, 0.15) is 37.8 Å². The molecule has 13 nitrogen and oxygen atoms in total. The number of ketones is 2. The third-order valence-corrected chi connectivity index (χ3v) is 8.29. The summed E-state index contributed by atoms with van der Waals surface area (Å²) >= 11 is 0. The van der Waals surface area contributed by atoms with Crippen molar-refractivity contribution in [1.29, 1.82) is 0 Å². The van der Waals surface area contributed by atoms with Crippen molar-refractivity contribution in [3.05, 3.63) is 46.2 Å². The van der Waals surface area contributed by atoms with Crippen LogP contribution in [0.4, 0.5) is 0 Å². The fourth-order valence-electron chi connectivity index (χ4n) is 6.22. The molecule has 3 aliphatic carbocycles. The molecule has 216 valence electrons. The Bertz CT molecular complexity index is 1370. The van der Waals surface area contributed by atoms with Crippen LogP contribution >= 0.6 is 0 Å². The molecule has 0 aromatic heterocycles. The minimum Gasteiger partial charge on any atom is -0.548 e. The van der Waals surface area contributed by atoms with Gasteiger partial charge in [0.05, 0.1) is 29.8 Å². The number of aromatic hydroxyl groups is 1. The van der Waals surface area contributed by atoms with E-state index >= 15 is 0 Å². The van der Waals surface area contributed by atoms with Crippen LogP contribution in [0.15, 0.2) is 35.1 Å². The molecule has 0 heterocycles. The number of nitrogens with zero attached hydrogens (tertiary/aromatic N) is 1. The van der Waals surface area contributed by atoms with E-state index in [9.17, 15) is 49.8 Å². The molecule has 7 N–H and O–H groups in total. The molecule has 0 spiro atoms. The van der Waals surface area contributed by atoms with E-state index in [1.807, 2.05) is 0 Å². The Balaban J connectivity index is 0.00000462. The molecule has 1 fully saturated rings. The topological polar surface area (TPSA) is 220 Å². The van der Waals surface area contributed by atoms with Gasteiger partial charge in [0.15, 0.2) is 11.4 Å². The number of hydrogen-bond donors (Lipinski definition) is 7. The molecule has 1 aromatic carbocycles. The zero-order valence-electron chi connectivity index (χ0n) is 23.4. The van der Waals surface area contributed by atoms with Gasteiger partial charge in [0.1, 0.15) is 22.8 Å². The van der Waals surface area contributed by atoms with Crippen molar-refractivity contribution in [3.8, 4) is 5.75 Å². The molecule has 0 bridgehead atoms. The fraction of sp³-hybridized carbons (Fsp3) is 0.481. The molecule has 0 aliphatic heterocycles. The second-order valence-electron chi connectivity index (χ2n) is 10.8. The molecule has 1 saturated carbocycles. The molecular weight excluding hydrogens is 549 g/mol. The number of phenolic OH excluding ortho intramolecular Hbond substituents is 1. The summed E-state index contributed by atoms with van der Waals surface area (Å²) in [5.41, 5.74) is -6.12. The summed E-state index contributed by atoms with van der Waals surface area (Å²) in [6.45, 7) is 2.51. The molecule has 3 unspecified atom stereocenters. The summed E-state index contributed by atoms with van der Waals surface area (Å²) in [7, 11) is 2.96. The first kappa shape index (κ1) is 32.7. The normalized spacial score (nSPS) is 29.8. The van der Waals surface area contributed by atoms with Crippen molar-refractivity contribution in [2.24, 2.45) is 11.8 Å². The van der Waals surface area contributed by atoms with Crippen molar-refractivity contribution in [2.45, 2.75) is 50.0 Å². The van der Waals surface area contributed by atoms with Crippen LogP contribution < -0.4 is 45.3 Å². The maximum Gasteiger partial charge on any atom is 1.00 e. The molecule has 14 heteroatoms. The zero-order chi connectivity index (χ0) is 29.9. The Kier molecular flexibility index (Phi) is 9.16. The number of aliphatic carboxylic acids is 1. The quantitative estimate of drug-likeness (QED) is 0.0918. The van der Waals surface area contributed by atoms with Gasteiger partial charge in [0, 0.05) is 23.5 Å². The molecule has 1 aromatic rings. The number of carbonyl (C=O) groups excluding carboxylic acids is 4. The zero-order valence-corrected chi connectivity index (χ0v) is 25.4. The number of aliphatic hydroxyl groups is 4. The number of phenols is 1. The number of fused-ring (bicyclic) bond motifs is 3. The van der Waals surface area contributed by atoms with Crippen molar-refractivity contribution in [2.75, 3.05) is 20.8 Å². The fourth-order valence-corrected chi connectivity index (χ4v) is 6.22. The second kappa shape index (κ2) is 11.5. The molecular formula is C27H32N3NaO10. The monoisotopic (exact) mass is 581 g/mol. The number of nitrogens with one attached hydrogen (secondary N) is 2. The van der Waals surface area contributed by atoms with Gasteiger partial charge < -0.3 is 40.8 Å². The van der Waals surface area contributed by atoms with Crippen LogP contribution in [-0.2, 0) is 24.8 Å². The van der Waals surface area contributed by atoms with E-state index < -0.39 is 93.6 Å².